The molecule has 0 heterocycles. The molecular weight excluding hydrogens is 306 g/mol. The van der Waals surface area contributed by atoms with Crippen LogP contribution in [0, 0.1) is 11.6 Å². The smallest absolute Gasteiger partial charge is 0.159 e. The second-order valence-corrected chi connectivity index (χ2v) is 5.46. The molecule has 0 aliphatic carbocycles. The molecular formula is C13H9BrF2S. The molecule has 0 nitrogen and oxygen atoms in total. The van der Waals surface area contributed by atoms with Gasteiger partial charge >= 0.3 is 0 Å². The molecule has 4 heteroatoms. The van der Waals surface area contributed by atoms with Crippen molar-refractivity contribution in [3.05, 3.63) is 64.1 Å². The van der Waals surface area contributed by atoms with Gasteiger partial charge in [0.05, 0.1) is 0 Å². The summed E-state index contributed by atoms with van der Waals surface area (Å²) in [5.74, 6) is -0.883. The van der Waals surface area contributed by atoms with E-state index < -0.39 is 11.6 Å². The zero-order chi connectivity index (χ0) is 12.3. The van der Waals surface area contributed by atoms with Gasteiger partial charge in [-0.25, -0.2) is 8.78 Å². The Balaban J connectivity index is 2.05. The first kappa shape index (κ1) is 12.6. The van der Waals surface area contributed by atoms with Crippen molar-refractivity contribution in [2.24, 2.45) is 0 Å². The van der Waals surface area contributed by atoms with Crippen molar-refractivity contribution in [2.75, 3.05) is 0 Å². The second-order valence-electron chi connectivity index (χ2n) is 3.49. The van der Waals surface area contributed by atoms with Crippen LogP contribution in [0.3, 0.4) is 0 Å². The summed E-state index contributed by atoms with van der Waals surface area (Å²) in [5, 5.41) is 0. The molecule has 0 aliphatic rings. The molecule has 0 fully saturated rings. The van der Waals surface area contributed by atoms with Gasteiger partial charge in [0.25, 0.3) is 0 Å². The first-order valence-corrected chi connectivity index (χ1v) is 6.75. The summed E-state index contributed by atoms with van der Waals surface area (Å²) < 4.78 is 26.7. The number of halogens is 3. The molecule has 0 aromatic heterocycles. The maximum Gasteiger partial charge on any atom is 0.159 e. The predicted octanol–water partition coefficient (Wildman–Crippen LogP) is 5.02. The fourth-order valence-electron chi connectivity index (χ4n) is 1.36. The average Bonchev–Trinajstić information content (AvgIpc) is 2.31. The highest BCUT2D eigenvalue weighted by molar-refractivity contribution is 9.10. The maximum atomic E-state index is 13.0. The van der Waals surface area contributed by atoms with Gasteiger partial charge in [0, 0.05) is 15.1 Å². The maximum absolute atomic E-state index is 13.0. The van der Waals surface area contributed by atoms with Crippen molar-refractivity contribution in [3.63, 3.8) is 0 Å². The first-order valence-electron chi connectivity index (χ1n) is 4.97. The minimum atomic E-state index is -0.809. The van der Waals surface area contributed by atoms with E-state index in [2.05, 4.69) is 15.9 Å². The topological polar surface area (TPSA) is 0 Å². The normalized spacial score (nSPS) is 10.5. The van der Waals surface area contributed by atoms with E-state index in [0.29, 0.717) is 0 Å². The fraction of sp³-hybridized carbons (Fsp3) is 0.0769. The van der Waals surface area contributed by atoms with Gasteiger partial charge in [0.1, 0.15) is 0 Å². The minimum absolute atomic E-state index is 0.726. The second kappa shape index (κ2) is 5.65. The molecule has 0 N–H and O–H groups in total. The van der Waals surface area contributed by atoms with Crippen molar-refractivity contribution in [1.82, 2.24) is 0 Å². The van der Waals surface area contributed by atoms with Gasteiger partial charge in [-0.05, 0) is 35.9 Å². The lowest BCUT2D eigenvalue weighted by Gasteiger charge is -2.03. The summed E-state index contributed by atoms with van der Waals surface area (Å²) in [6.45, 7) is 0. The van der Waals surface area contributed by atoms with Gasteiger partial charge in [-0.1, -0.05) is 28.1 Å². The molecule has 0 radical (unpaired) electrons. The fourth-order valence-corrected chi connectivity index (χ4v) is 2.67. The quantitative estimate of drug-likeness (QED) is 0.717. The molecule has 0 atom stereocenters. The molecule has 0 amide bonds. The molecule has 0 bridgehead atoms. The number of hydrogen-bond acceptors (Lipinski definition) is 1. The summed E-state index contributed by atoms with van der Waals surface area (Å²) in [6.07, 6.45) is 0. The monoisotopic (exact) mass is 314 g/mol. The molecule has 0 saturated heterocycles. The average molecular weight is 315 g/mol. The van der Waals surface area contributed by atoms with E-state index in [4.69, 9.17) is 0 Å². The van der Waals surface area contributed by atoms with Crippen LogP contribution in [-0.4, -0.2) is 0 Å². The summed E-state index contributed by atoms with van der Waals surface area (Å²) >= 11 is 4.87. The van der Waals surface area contributed by atoms with Crippen molar-refractivity contribution in [2.45, 2.75) is 10.6 Å². The van der Waals surface area contributed by atoms with E-state index in [0.717, 1.165) is 26.8 Å². The highest BCUT2D eigenvalue weighted by Crippen LogP contribution is 2.25. The van der Waals surface area contributed by atoms with Crippen molar-refractivity contribution in [1.29, 1.82) is 0 Å². The molecule has 88 valence electrons. The predicted molar refractivity (Wildman–Crippen MR) is 70.1 cm³/mol. The van der Waals surface area contributed by atoms with Crippen LogP contribution in [-0.2, 0) is 5.75 Å². The molecule has 0 spiro atoms. The Kier molecular flexibility index (Phi) is 4.18. The molecule has 0 saturated carbocycles. The first-order chi connectivity index (χ1) is 8.15. The van der Waals surface area contributed by atoms with E-state index in [9.17, 15) is 8.78 Å². The minimum Gasteiger partial charge on any atom is -0.204 e. The van der Waals surface area contributed by atoms with Crippen molar-refractivity contribution < 1.29 is 8.78 Å². The lowest BCUT2D eigenvalue weighted by atomic mass is 10.2. The molecule has 2 aromatic rings. The van der Waals surface area contributed by atoms with Crippen LogP contribution in [0.1, 0.15) is 5.56 Å². The number of rotatable bonds is 3. The summed E-state index contributed by atoms with van der Waals surface area (Å²) in [5.41, 5.74) is 1.13. The van der Waals surface area contributed by atoms with E-state index in [1.807, 2.05) is 24.3 Å². The Labute approximate surface area is 111 Å². The third-order valence-electron chi connectivity index (χ3n) is 2.19. The van der Waals surface area contributed by atoms with E-state index in [1.165, 1.54) is 17.8 Å². The molecule has 0 aliphatic heterocycles. The summed E-state index contributed by atoms with van der Waals surface area (Å²) in [4.78, 5) is 0.726. The van der Waals surface area contributed by atoms with Crippen LogP contribution in [0.2, 0.25) is 0 Å². The Morgan fingerprint density at radius 3 is 2.53 bits per heavy atom. The van der Waals surface area contributed by atoms with Gasteiger partial charge in [-0.15, -0.1) is 11.8 Å². The zero-order valence-corrected chi connectivity index (χ0v) is 11.2. The Hall–Kier alpha value is -0.870. The van der Waals surface area contributed by atoms with Gasteiger partial charge in [0.2, 0.25) is 0 Å². The van der Waals surface area contributed by atoms with Crippen molar-refractivity contribution in [3.8, 4) is 0 Å². The Morgan fingerprint density at radius 1 is 1.00 bits per heavy atom. The molecule has 2 aromatic carbocycles. The third kappa shape index (κ3) is 3.54. The van der Waals surface area contributed by atoms with Crippen molar-refractivity contribution >= 4 is 27.7 Å². The van der Waals surface area contributed by atoms with E-state index in [-0.39, 0.29) is 0 Å². The van der Waals surface area contributed by atoms with Crippen LogP contribution in [0.15, 0.2) is 51.8 Å². The van der Waals surface area contributed by atoms with Crippen LogP contribution in [0.25, 0.3) is 0 Å². The number of thioether (sulfide) groups is 1. The molecule has 0 unspecified atom stereocenters. The Bertz CT molecular complexity index is 529. The van der Waals surface area contributed by atoms with Crippen LogP contribution < -0.4 is 0 Å². The standard InChI is InChI=1S/C13H9BrF2S/c14-10-3-1-2-9(6-10)8-17-11-4-5-12(15)13(16)7-11/h1-7H,8H2. The van der Waals surface area contributed by atoms with Crippen LogP contribution in [0.5, 0.6) is 0 Å². The van der Waals surface area contributed by atoms with Gasteiger partial charge in [-0.2, -0.15) is 0 Å². The highest BCUT2D eigenvalue weighted by Gasteiger charge is 2.03. The largest absolute Gasteiger partial charge is 0.204 e. The lowest BCUT2D eigenvalue weighted by molar-refractivity contribution is 0.506. The van der Waals surface area contributed by atoms with E-state index >= 15 is 0 Å². The zero-order valence-electron chi connectivity index (χ0n) is 8.79. The highest BCUT2D eigenvalue weighted by atomic mass is 79.9. The van der Waals surface area contributed by atoms with Gasteiger partial charge < -0.3 is 0 Å². The van der Waals surface area contributed by atoms with Gasteiger partial charge in [0.15, 0.2) is 11.6 Å². The summed E-state index contributed by atoms with van der Waals surface area (Å²) in [7, 11) is 0. The van der Waals surface area contributed by atoms with Crippen LogP contribution >= 0.6 is 27.7 Å². The summed E-state index contributed by atoms with van der Waals surface area (Å²) in [6, 6.07) is 11.9. The van der Waals surface area contributed by atoms with E-state index in [1.54, 1.807) is 6.07 Å². The Morgan fingerprint density at radius 2 is 1.82 bits per heavy atom. The van der Waals surface area contributed by atoms with Crippen LogP contribution in [0.4, 0.5) is 8.78 Å². The third-order valence-corrected chi connectivity index (χ3v) is 3.74. The molecule has 17 heavy (non-hydrogen) atoms. The lowest BCUT2D eigenvalue weighted by Crippen LogP contribution is -1.85. The number of benzene rings is 2. The SMILES string of the molecule is Fc1ccc(SCc2cccc(Br)c2)cc1F. The van der Waals surface area contributed by atoms with Gasteiger partial charge in [-0.3, -0.25) is 0 Å². The number of hydrogen-bond donors (Lipinski definition) is 0. The molecule has 2 rings (SSSR count).